The van der Waals surface area contributed by atoms with Crippen LogP contribution in [0.5, 0.6) is 0 Å². The summed E-state index contributed by atoms with van der Waals surface area (Å²) >= 11 is 0. The van der Waals surface area contributed by atoms with Crippen LogP contribution in [0.1, 0.15) is 25.1 Å². The van der Waals surface area contributed by atoms with Crippen molar-refractivity contribution < 1.29 is 27.5 Å². The topological polar surface area (TPSA) is 79.7 Å². The van der Waals surface area contributed by atoms with Crippen LogP contribution < -0.4 is 5.32 Å². The van der Waals surface area contributed by atoms with Gasteiger partial charge in [-0.1, -0.05) is 0 Å². The number of nitrogens with one attached hydrogen (secondary N) is 1. The molecule has 3 fully saturated rings. The van der Waals surface area contributed by atoms with E-state index in [0.717, 1.165) is 4.57 Å². The number of hydrogen-bond acceptors (Lipinski definition) is 4. The van der Waals surface area contributed by atoms with Gasteiger partial charge >= 0.3 is 12.2 Å². The number of amides is 3. The molecule has 3 saturated heterocycles. The summed E-state index contributed by atoms with van der Waals surface area (Å²) in [6.45, 7) is 2.31. The Morgan fingerprint density at radius 3 is 2.66 bits per heavy atom. The minimum Gasteiger partial charge on any atom is -0.366 e. The molecule has 0 bridgehead atoms. The molecule has 2 atom stereocenters. The molecule has 3 aliphatic rings. The van der Waals surface area contributed by atoms with Gasteiger partial charge in [0.25, 0.3) is 0 Å². The third-order valence-electron chi connectivity index (χ3n) is 5.90. The molecule has 8 nitrogen and oxygen atoms in total. The van der Waals surface area contributed by atoms with Gasteiger partial charge in [-0.3, -0.25) is 4.79 Å². The lowest BCUT2D eigenvalue weighted by molar-refractivity contribution is -0.147. The van der Waals surface area contributed by atoms with Crippen LogP contribution in [0.15, 0.2) is 12.4 Å². The standard InChI is InChI=1S/C18H24F3N5O3/c19-18(20,21)16-22-4-8-25(16)9-12-1-5-24(6-2-12)17(28)26-7-3-14-13(10-26)23-15(27)11-29-14/h4,8,12-14H,1-3,5-7,9-11H2,(H,23,27)/t13-,14+/m1/s1. The molecular weight excluding hydrogens is 391 g/mol. The number of carbonyl (C=O) groups excluding carboxylic acids is 2. The van der Waals surface area contributed by atoms with Crippen molar-refractivity contribution in [3.05, 3.63) is 18.2 Å². The van der Waals surface area contributed by atoms with Crippen LogP contribution in [0.3, 0.4) is 0 Å². The molecule has 0 aromatic carbocycles. The highest BCUT2D eigenvalue weighted by molar-refractivity contribution is 5.79. The smallest absolute Gasteiger partial charge is 0.366 e. The van der Waals surface area contributed by atoms with Crippen LogP contribution in [0.4, 0.5) is 18.0 Å². The number of halogens is 3. The number of imidazole rings is 1. The van der Waals surface area contributed by atoms with E-state index in [1.54, 1.807) is 9.80 Å². The normalized spacial score (nSPS) is 26.2. The monoisotopic (exact) mass is 415 g/mol. The highest BCUT2D eigenvalue weighted by atomic mass is 19.4. The predicted molar refractivity (Wildman–Crippen MR) is 94.8 cm³/mol. The third kappa shape index (κ3) is 4.34. The van der Waals surface area contributed by atoms with E-state index in [-0.39, 0.29) is 43.2 Å². The number of nitrogens with zero attached hydrogens (tertiary/aromatic N) is 4. The van der Waals surface area contributed by atoms with Gasteiger partial charge in [-0.25, -0.2) is 9.78 Å². The highest BCUT2D eigenvalue weighted by Gasteiger charge is 2.39. The average molecular weight is 415 g/mol. The van der Waals surface area contributed by atoms with E-state index in [1.165, 1.54) is 12.4 Å². The van der Waals surface area contributed by atoms with Gasteiger partial charge in [-0.05, 0) is 25.2 Å². The van der Waals surface area contributed by atoms with Crippen molar-refractivity contribution in [1.29, 1.82) is 0 Å². The number of urea groups is 1. The first kappa shape index (κ1) is 20.0. The number of alkyl halides is 3. The maximum Gasteiger partial charge on any atom is 0.449 e. The van der Waals surface area contributed by atoms with Crippen LogP contribution in [0, 0.1) is 5.92 Å². The Bertz CT molecular complexity index is 760. The summed E-state index contributed by atoms with van der Waals surface area (Å²) in [6.07, 6.45) is -0.0508. The predicted octanol–water partition coefficient (Wildman–Crippen LogP) is 1.32. The molecule has 3 aliphatic heterocycles. The van der Waals surface area contributed by atoms with Gasteiger partial charge in [0, 0.05) is 45.1 Å². The molecule has 0 radical (unpaired) electrons. The minimum atomic E-state index is -4.47. The summed E-state index contributed by atoms with van der Waals surface area (Å²) in [5.41, 5.74) is 0. The Morgan fingerprint density at radius 2 is 1.93 bits per heavy atom. The maximum atomic E-state index is 13.0. The van der Waals surface area contributed by atoms with Crippen LogP contribution in [0.25, 0.3) is 0 Å². The van der Waals surface area contributed by atoms with Crippen molar-refractivity contribution in [3.63, 3.8) is 0 Å². The summed E-state index contributed by atoms with van der Waals surface area (Å²) < 4.78 is 45.6. The Kier molecular flexibility index (Phi) is 5.41. The maximum absolute atomic E-state index is 13.0. The third-order valence-corrected chi connectivity index (χ3v) is 5.90. The molecule has 29 heavy (non-hydrogen) atoms. The molecule has 1 aromatic heterocycles. The van der Waals surface area contributed by atoms with Gasteiger partial charge < -0.3 is 24.4 Å². The number of ether oxygens (including phenoxy) is 1. The Morgan fingerprint density at radius 1 is 1.21 bits per heavy atom. The number of rotatable bonds is 2. The van der Waals surface area contributed by atoms with Crippen molar-refractivity contribution >= 4 is 11.9 Å². The van der Waals surface area contributed by atoms with Gasteiger partial charge in [0.1, 0.15) is 6.61 Å². The molecule has 3 amide bonds. The van der Waals surface area contributed by atoms with E-state index >= 15 is 0 Å². The van der Waals surface area contributed by atoms with Crippen molar-refractivity contribution in [1.82, 2.24) is 24.7 Å². The summed E-state index contributed by atoms with van der Waals surface area (Å²) in [5.74, 6) is -0.985. The lowest BCUT2D eigenvalue weighted by Crippen LogP contribution is -2.62. The van der Waals surface area contributed by atoms with Gasteiger partial charge in [0.2, 0.25) is 11.7 Å². The second-order valence-electron chi connectivity index (χ2n) is 7.87. The fourth-order valence-corrected chi connectivity index (χ4v) is 4.37. The lowest BCUT2D eigenvalue weighted by atomic mass is 9.96. The summed E-state index contributed by atoms with van der Waals surface area (Å²) in [7, 11) is 0. The SMILES string of the molecule is O=C1CO[C@H]2CCN(C(=O)N3CCC(Cn4ccnc4C(F)(F)F)CC3)C[C@H]2N1. The van der Waals surface area contributed by atoms with Gasteiger partial charge in [-0.2, -0.15) is 13.2 Å². The molecule has 4 rings (SSSR count). The first-order chi connectivity index (χ1) is 13.8. The van der Waals surface area contributed by atoms with Crippen molar-refractivity contribution in [2.75, 3.05) is 32.8 Å². The molecule has 0 aliphatic carbocycles. The molecule has 11 heteroatoms. The van der Waals surface area contributed by atoms with E-state index in [0.29, 0.717) is 45.4 Å². The molecule has 1 aromatic rings. The highest BCUT2D eigenvalue weighted by Crippen LogP contribution is 2.29. The largest absolute Gasteiger partial charge is 0.449 e. The zero-order valence-electron chi connectivity index (χ0n) is 15.9. The number of hydrogen-bond donors (Lipinski definition) is 1. The fourth-order valence-electron chi connectivity index (χ4n) is 4.37. The van der Waals surface area contributed by atoms with Gasteiger partial charge in [0.15, 0.2) is 0 Å². The zero-order valence-corrected chi connectivity index (χ0v) is 15.9. The van der Waals surface area contributed by atoms with E-state index < -0.39 is 12.0 Å². The van der Waals surface area contributed by atoms with E-state index in [9.17, 15) is 22.8 Å². The molecule has 1 N–H and O–H groups in total. The Balaban J connectivity index is 1.29. The number of piperidine rings is 2. The van der Waals surface area contributed by atoms with E-state index in [1.807, 2.05) is 0 Å². The van der Waals surface area contributed by atoms with E-state index in [4.69, 9.17) is 4.74 Å². The average Bonchev–Trinajstić information content (AvgIpc) is 3.16. The second kappa shape index (κ2) is 7.85. The van der Waals surface area contributed by atoms with Crippen molar-refractivity contribution in [2.45, 2.75) is 44.1 Å². The van der Waals surface area contributed by atoms with Crippen LogP contribution in [-0.4, -0.2) is 76.2 Å². The van der Waals surface area contributed by atoms with Crippen LogP contribution >= 0.6 is 0 Å². The quantitative estimate of drug-likeness (QED) is 0.790. The van der Waals surface area contributed by atoms with Crippen LogP contribution in [0.2, 0.25) is 0 Å². The lowest BCUT2D eigenvalue weighted by Gasteiger charge is -2.43. The fraction of sp³-hybridized carbons (Fsp3) is 0.722. The van der Waals surface area contributed by atoms with Gasteiger partial charge in [-0.15, -0.1) is 0 Å². The second-order valence-corrected chi connectivity index (χ2v) is 7.87. The molecular formula is C18H24F3N5O3. The summed E-state index contributed by atoms with van der Waals surface area (Å²) in [4.78, 5) is 31.3. The van der Waals surface area contributed by atoms with Crippen LogP contribution in [-0.2, 0) is 22.3 Å². The minimum absolute atomic E-state index is 0.0551. The number of likely N-dealkylation sites (tertiary alicyclic amines) is 2. The number of carbonyl (C=O) groups is 2. The first-order valence-electron chi connectivity index (χ1n) is 9.84. The zero-order chi connectivity index (χ0) is 20.6. The molecule has 0 spiro atoms. The Hall–Kier alpha value is -2.30. The Labute approximate surface area is 166 Å². The first-order valence-corrected chi connectivity index (χ1v) is 9.84. The molecule has 4 heterocycles. The summed E-state index contributed by atoms with van der Waals surface area (Å²) in [6, 6.07) is -0.270. The number of morpholine rings is 1. The summed E-state index contributed by atoms with van der Waals surface area (Å²) in [5, 5.41) is 2.88. The number of fused-ring (bicyclic) bond motifs is 1. The molecule has 0 unspecified atom stereocenters. The van der Waals surface area contributed by atoms with Crippen molar-refractivity contribution in [2.24, 2.45) is 5.92 Å². The number of aromatic nitrogens is 2. The van der Waals surface area contributed by atoms with Gasteiger partial charge in [0.05, 0.1) is 12.1 Å². The van der Waals surface area contributed by atoms with Crippen molar-refractivity contribution in [3.8, 4) is 0 Å². The molecule has 160 valence electrons. The molecule has 0 saturated carbocycles. The van der Waals surface area contributed by atoms with E-state index in [2.05, 4.69) is 10.3 Å².